The molecule has 1 saturated heterocycles. The van der Waals surface area contributed by atoms with E-state index in [0.717, 1.165) is 25.4 Å². The Bertz CT molecular complexity index is 283. The second kappa shape index (κ2) is 3.21. The van der Waals surface area contributed by atoms with E-state index >= 15 is 0 Å². The lowest BCUT2D eigenvalue weighted by Gasteiger charge is -2.23. The molecule has 3 unspecified atom stereocenters. The van der Waals surface area contributed by atoms with Gasteiger partial charge in [0.2, 0.25) is 5.91 Å². The van der Waals surface area contributed by atoms with Crippen LogP contribution in [0.3, 0.4) is 0 Å². The van der Waals surface area contributed by atoms with Gasteiger partial charge < -0.3 is 10.6 Å². The van der Waals surface area contributed by atoms with Gasteiger partial charge >= 0.3 is 0 Å². The molecule has 1 aliphatic heterocycles. The van der Waals surface area contributed by atoms with E-state index in [1.165, 1.54) is 19.3 Å². The van der Waals surface area contributed by atoms with Gasteiger partial charge in [-0.1, -0.05) is 6.92 Å². The van der Waals surface area contributed by atoms with Gasteiger partial charge in [-0.15, -0.1) is 0 Å². The second-order valence-electron chi connectivity index (χ2n) is 5.70. The van der Waals surface area contributed by atoms with Crippen molar-refractivity contribution in [3.63, 3.8) is 0 Å². The van der Waals surface area contributed by atoms with Crippen LogP contribution < -0.4 is 10.6 Å². The van der Waals surface area contributed by atoms with Crippen LogP contribution in [0.2, 0.25) is 0 Å². The van der Waals surface area contributed by atoms with Gasteiger partial charge in [0, 0.05) is 12.0 Å². The summed E-state index contributed by atoms with van der Waals surface area (Å²) in [4.78, 5) is 11.9. The van der Waals surface area contributed by atoms with E-state index in [-0.39, 0.29) is 0 Å². The molecule has 3 heteroatoms. The minimum atomic E-state index is 0.339. The van der Waals surface area contributed by atoms with Gasteiger partial charge in [0.1, 0.15) is 0 Å². The molecule has 1 heterocycles. The molecule has 0 bridgehead atoms. The molecular formula is C12H20N2O. The van der Waals surface area contributed by atoms with Crippen molar-refractivity contribution in [1.82, 2.24) is 10.6 Å². The van der Waals surface area contributed by atoms with Gasteiger partial charge in [-0.25, -0.2) is 0 Å². The number of hydrogen-bond acceptors (Lipinski definition) is 2. The van der Waals surface area contributed by atoms with Crippen LogP contribution in [0.1, 0.15) is 32.6 Å². The maximum atomic E-state index is 11.9. The van der Waals surface area contributed by atoms with E-state index in [4.69, 9.17) is 0 Å². The number of rotatable bonds is 2. The van der Waals surface area contributed by atoms with Crippen LogP contribution in [0.15, 0.2) is 0 Å². The van der Waals surface area contributed by atoms with E-state index in [2.05, 4.69) is 17.6 Å². The van der Waals surface area contributed by atoms with Crippen molar-refractivity contribution in [2.24, 2.45) is 17.3 Å². The monoisotopic (exact) mass is 208 g/mol. The van der Waals surface area contributed by atoms with Crippen LogP contribution in [-0.2, 0) is 4.79 Å². The van der Waals surface area contributed by atoms with E-state index in [1.807, 2.05) is 0 Å². The largest absolute Gasteiger partial charge is 0.353 e. The molecule has 1 amide bonds. The Morgan fingerprint density at radius 1 is 1.40 bits per heavy atom. The van der Waals surface area contributed by atoms with Crippen molar-refractivity contribution in [3.05, 3.63) is 0 Å². The summed E-state index contributed by atoms with van der Waals surface area (Å²) in [5, 5.41) is 6.55. The highest BCUT2D eigenvalue weighted by molar-refractivity contribution is 5.83. The molecule has 0 aromatic heterocycles. The molecule has 0 radical (unpaired) electrons. The predicted molar refractivity (Wildman–Crippen MR) is 58.4 cm³/mol. The van der Waals surface area contributed by atoms with Crippen LogP contribution in [0.4, 0.5) is 0 Å². The van der Waals surface area contributed by atoms with E-state index in [0.29, 0.717) is 23.3 Å². The SMILES string of the molecule is CC1CC1NC(=O)C1CC12CCNCC2. The Morgan fingerprint density at radius 2 is 2.07 bits per heavy atom. The first-order valence-corrected chi connectivity index (χ1v) is 6.22. The molecular weight excluding hydrogens is 188 g/mol. The topological polar surface area (TPSA) is 41.1 Å². The lowest BCUT2D eigenvalue weighted by atomic mass is 9.92. The first kappa shape index (κ1) is 9.64. The molecule has 15 heavy (non-hydrogen) atoms. The fourth-order valence-electron chi connectivity index (χ4n) is 3.00. The molecule has 2 N–H and O–H groups in total. The first-order valence-electron chi connectivity index (χ1n) is 6.22. The Kier molecular flexibility index (Phi) is 2.06. The van der Waals surface area contributed by atoms with Crippen molar-refractivity contribution < 1.29 is 4.79 Å². The molecule has 3 rings (SSSR count). The zero-order valence-electron chi connectivity index (χ0n) is 9.38. The summed E-state index contributed by atoms with van der Waals surface area (Å²) >= 11 is 0. The van der Waals surface area contributed by atoms with E-state index in [9.17, 15) is 4.79 Å². The second-order valence-corrected chi connectivity index (χ2v) is 5.70. The fraction of sp³-hybridized carbons (Fsp3) is 0.917. The highest BCUT2D eigenvalue weighted by Gasteiger charge is 2.58. The highest BCUT2D eigenvalue weighted by atomic mass is 16.2. The van der Waals surface area contributed by atoms with Gasteiger partial charge in [-0.2, -0.15) is 0 Å². The highest BCUT2D eigenvalue weighted by Crippen LogP contribution is 2.58. The van der Waals surface area contributed by atoms with Gasteiger partial charge in [0.25, 0.3) is 0 Å². The lowest BCUT2D eigenvalue weighted by molar-refractivity contribution is -0.123. The Labute approximate surface area is 91.0 Å². The molecule has 3 aliphatic rings. The normalized spacial score (nSPS) is 41.3. The van der Waals surface area contributed by atoms with Gasteiger partial charge in [-0.05, 0) is 50.1 Å². The van der Waals surface area contributed by atoms with E-state index < -0.39 is 0 Å². The first-order chi connectivity index (χ1) is 7.21. The van der Waals surface area contributed by atoms with Crippen LogP contribution in [-0.4, -0.2) is 25.0 Å². The zero-order chi connectivity index (χ0) is 10.5. The molecule has 0 aromatic rings. The number of carbonyl (C=O) groups excluding carboxylic acids is 1. The van der Waals surface area contributed by atoms with Crippen LogP contribution in [0.25, 0.3) is 0 Å². The lowest BCUT2D eigenvalue weighted by Crippen LogP contribution is -2.34. The molecule has 2 saturated carbocycles. The summed E-state index contributed by atoms with van der Waals surface area (Å²) in [5.41, 5.74) is 0.396. The third-order valence-electron chi connectivity index (χ3n) is 4.54. The minimum Gasteiger partial charge on any atom is -0.353 e. The van der Waals surface area contributed by atoms with Crippen LogP contribution >= 0.6 is 0 Å². The molecule has 2 aliphatic carbocycles. The number of nitrogens with one attached hydrogen (secondary N) is 2. The zero-order valence-corrected chi connectivity index (χ0v) is 9.38. The summed E-state index contributed by atoms with van der Waals surface area (Å²) in [7, 11) is 0. The molecule has 3 atom stereocenters. The van der Waals surface area contributed by atoms with Crippen LogP contribution in [0, 0.1) is 17.3 Å². The number of hydrogen-bond donors (Lipinski definition) is 2. The molecule has 84 valence electrons. The number of amides is 1. The summed E-state index contributed by atoms with van der Waals surface area (Å²) in [5.74, 6) is 1.40. The Morgan fingerprint density at radius 3 is 2.67 bits per heavy atom. The number of piperidine rings is 1. The Hall–Kier alpha value is -0.570. The van der Waals surface area contributed by atoms with E-state index in [1.54, 1.807) is 0 Å². The summed E-state index contributed by atoms with van der Waals surface area (Å²) < 4.78 is 0. The summed E-state index contributed by atoms with van der Waals surface area (Å²) in [6, 6.07) is 0.497. The molecule has 3 fully saturated rings. The smallest absolute Gasteiger partial charge is 0.223 e. The van der Waals surface area contributed by atoms with Crippen molar-refractivity contribution in [2.75, 3.05) is 13.1 Å². The van der Waals surface area contributed by atoms with Crippen molar-refractivity contribution in [2.45, 2.75) is 38.6 Å². The van der Waals surface area contributed by atoms with Crippen molar-refractivity contribution in [1.29, 1.82) is 0 Å². The van der Waals surface area contributed by atoms with Crippen molar-refractivity contribution >= 4 is 5.91 Å². The fourth-order valence-corrected chi connectivity index (χ4v) is 3.00. The quantitative estimate of drug-likeness (QED) is 0.708. The van der Waals surface area contributed by atoms with Gasteiger partial charge in [0.05, 0.1) is 0 Å². The molecule has 1 spiro atoms. The van der Waals surface area contributed by atoms with Gasteiger partial charge in [-0.3, -0.25) is 4.79 Å². The minimum absolute atomic E-state index is 0.339. The van der Waals surface area contributed by atoms with Crippen molar-refractivity contribution in [3.8, 4) is 0 Å². The van der Waals surface area contributed by atoms with Crippen LogP contribution in [0.5, 0.6) is 0 Å². The number of carbonyl (C=O) groups is 1. The molecule has 0 aromatic carbocycles. The maximum Gasteiger partial charge on any atom is 0.223 e. The summed E-state index contributed by atoms with van der Waals surface area (Å²) in [6.45, 7) is 4.41. The average molecular weight is 208 g/mol. The third kappa shape index (κ3) is 1.67. The van der Waals surface area contributed by atoms with Gasteiger partial charge in [0.15, 0.2) is 0 Å². The maximum absolute atomic E-state index is 11.9. The summed E-state index contributed by atoms with van der Waals surface area (Å²) in [6.07, 6.45) is 4.73. The third-order valence-corrected chi connectivity index (χ3v) is 4.54. The Balaban J connectivity index is 1.54. The standard InChI is InChI=1S/C12H20N2O/c1-8-6-10(8)14-11(15)9-7-12(9)2-4-13-5-3-12/h8-10,13H,2-7H2,1H3,(H,14,15). The average Bonchev–Trinajstić information content (AvgIpc) is 3.09. The molecule has 3 nitrogen and oxygen atoms in total. The predicted octanol–water partition coefficient (Wildman–Crippen LogP) is 0.901.